The maximum absolute atomic E-state index is 14.9. The van der Waals surface area contributed by atoms with E-state index in [1.165, 1.54) is 167 Å². The average molecular weight is 1650 g/mol. The summed E-state index contributed by atoms with van der Waals surface area (Å²) in [6, 6.07) is 0. The molecule has 1 saturated carbocycles. The van der Waals surface area contributed by atoms with Crippen LogP contribution in [0.2, 0.25) is 0 Å². The van der Waals surface area contributed by atoms with Crippen LogP contribution in [0.4, 0.5) is 0 Å². The minimum absolute atomic E-state index is 0.0143. The predicted molar refractivity (Wildman–Crippen MR) is 439 cm³/mol. The third kappa shape index (κ3) is 47.4. The van der Waals surface area contributed by atoms with Crippen LogP contribution in [0.15, 0.2) is 12.2 Å². The molecule has 25 nitrogen and oxygen atoms in total. The first-order valence-electron chi connectivity index (χ1n) is 45.8. The smallest absolute Gasteiger partial charge is 0.463 e. The van der Waals surface area contributed by atoms with Gasteiger partial charge in [-0.05, 0) is 57.3 Å². The van der Waals surface area contributed by atoms with Gasteiger partial charge < -0.3 is 88.7 Å². The monoisotopic (exact) mass is 1650 g/mol. The van der Waals surface area contributed by atoms with Crippen molar-refractivity contribution in [2.75, 3.05) is 26.4 Å². The summed E-state index contributed by atoms with van der Waals surface area (Å²) >= 11 is 0. The third-order valence-electron chi connectivity index (χ3n) is 22.7. The van der Waals surface area contributed by atoms with Crippen LogP contribution >= 0.6 is 7.82 Å². The third-order valence-corrected chi connectivity index (χ3v) is 23.7. The Balaban J connectivity index is 1.93. The Morgan fingerprint density at radius 2 is 0.711 bits per heavy atom. The van der Waals surface area contributed by atoms with Crippen molar-refractivity contribution in [1.29, 1.82) is 0 Å². The zero-order chi connectivity index (χ0) is 83.4. The summed E-state index contributed by atoms with van der Waals surface area (Å²) in [4.78, 5) is 66.3. The molecule has 10 N–H and O–H groups in total. The lowest BCUT2D eigenvalue weighted by molar-refractivity contribution is -0.360. The van der Waals surface area contributed by atoms with Gasteiger partial charge in [-0.25, -0.2) is 4.57 Å². The minimum Gasteiger partial charge on any atom is -0.463 e. The maximum Gasteiger partial charge on any atom is 0.472 e. The van der Waals surface area contributed by atoms with Crippen molar-refractivity contribution < 1.29 is 122 Å². The molecular formula is C88H163O25P. The molecule has 2 saturated heterocycles. The van der Waals surface area contributed by atoms with Crippen LogP contribution in [0, 0.1) is 5.92 Å². The topological polar surface area (TPSA) is 380 Å². The summed E-state index contributed by atoms with van der Waals surface area (Å²) in [5.41, 5.74) is 0. The lowest BCUT2D eigenvalue weighted by Gasteiger charge is -2.50. The van der Waals surface area contributed by atoms with E-state index < -0.39 is 162 Å². The highest BCUT2D eigenvalue weighted by Crippen LogP contribution is 2.49. The average Bonchev–Trinajstić information content (AvgIpc) is 0.754. The van der Waals surface area contributed by atoms with Crippen LogP contribution in [0.5, 0.6) is 0 Å². The van der Waals surface area contributed by atoms with Crippen LogP contribution in [0.1, 0.15) is 388 Å². The highest BCUT2D eigenvalue weighted by atomic mass is 31.2. The van der Waals surface area contributed by atoms with Crippen LogP contribution in [-0.2, 0) is 70.7 Å². The van der Waals surface area contributed by atoms with Crippen LogP contribution < -0.4 is 0 Å². The molecule has 3 rings (SSSR count). The SMILES string of the molecule is CCCCCCCC/C=C\CCCCCC(=O)OC1C(O)C(O)C(OC2OC(CO)C(O)C(O)C2O)C(OP(=O)(O)OCC(COC(=O)CCCCCCCCCCCCCCC)OC(=O)CCCCCCCCCCCCCCC)C1OC1OC(COC(=O)CCCCCCCCC(C)CCCCCCCC)C(O)C(O)C1O. The zero-order valence-electron chi connectivity index (χ0n) is 71.3. The van der Waals surface area contributed by atoms with Crippen molar-refractivity contribution >= 4 is 31.7 Å². The van der Waals surface area contributed by atoms with E-state index in [9.17, 15) is 74.6 Å². The fourth-order valence-electron chi connectivity index (χ4n) is 15.3. The lowest BCUT2D eigenvalue weighted by atomic mass is 9.84. The molecule has 0 amide bonds. The van der Waals surface area contributed by atoms with Gasteiger partial charge in [-0.3, -0.25) is 28.2 Å². The molecule has 19 unspecified atom stereocenters. The van der Waals surface area contributed by atoms with Crippen LogP contribution in [0.25, 0.3) is 0 Å². The number of carbonyl (C=O) groups excluding carboxylic acids is 4. The fourth-order valence-corrected chi connectivity index (χ4v) is 16.2. The Kier molecular flexibility index (Phi) is 61.8. The molecule has 114 heavy (non-hydrogen) atoms. The van der Waals surface area contributed by atoms with E-state index in [4.69, 9.17) is 46.9 Å². The van der Waals surface area contributed by atoms with Gasteiger partial charge in [-0.15, -0.1) is 0 Å². The number of phosphoric ester groups is 1. The number of carbonyl (C=O) groups is 4. The van der Waals surface area contributed by atoms with E-state index in [-0.39, 0.29) is 32.1 Å². The van der Waals surface area contributed by atoms with E-state index in [0.717, 1.165) is 122 Å². The van der Waals surface area contributed by atoms with E-state index in [2.05, 4.69) is 46.8 Å². The number of aliphatic hydroxyl groups is 9. The molecule has 0 radical (unpaired) electrons. The number of allylic oxidation sites excluding steroid dienone is 2. The number of hydrogen-bond donors (Lipinski definition) is 10. The molecule has 670 valence electrons. The Bertz CT molecular complexity index is 2440. The summed E-state index contributed by atoms with van der Waals surface area (Å²) in [5.74, 6) is -2.29. The number of unbranched alkanes of at least 4 members (excludes halogenated alkanes) is 43. The molecule has 19 atom stereocenters. The second kappa shape index (κ2) is 66.9. The van der Waals surface area contributed by atoms with Crippen molar-refractivity contribution in [2.45, 2.75) is 492 Å². The first-order chi connectivity index (χ1) is 55.1. The van der Waals surface area contributed by atoms with Crippen molar-refractivity contribution in [3.8, 4) is 0 Å². The van der Waals surface area contributed by atoms with Gasteiger partial charge in [-0.2, -0.15) is 0 Å². The second-order valence-corrected chi connectivity index (χ2v) is 34.5. The van der Waals surface area contributed by atoms with Gasteiger partial charge in [0.1, 0.15) is 92.6 Å². The molecule has 1 aliphatic carbocycles. The first-order valence-corrected chi connectivity index (χ1v) is 47.3. The van der Waals surface area contributed by atoms with E-state index in [1.54, 1.807) is 0 Å². The molecule has 3 fully saturated rings. The number of esters is 4. The molecule has 0 spiro atoms. The van der Waals surface area contributed by atoms with Gasteiger partial charge in [0.2, 0.25) is 0 Å². The standard InChI is InChI=1S/C88H163O25P/c1-6-10-14-18-22-25-28-31-34-37-40-47-53-59-71(90)104-64-68(107-73(92)61-55-49-41-38-35-32-29-26-23-19-15-11-7-2)65-106-114(102,103)113-86-84(111-87-81(100)77(96)75(94)69(63-89)108-87)80(99)79(98)83(110-74(93)62-56-50-42-39-36-33-30-27-24-20-16-12-8-3)85(86)112-88-82(101)78(97)76(95)70(109-88)66-105-72(91)60-54-48-44-43-46-52-58-67(5)57-51-45-21-17-13-9-4/h33,36,67-70,75-89,94-101H,6-32,34-35,37-66H2,1-5H3,(H,102,103)/b36-33-. The summed E-state index contributed by atoms with van der Waals surface area (Å²) < 4.78 is 73.3. The van der Waals surface area contributed by atoms with Gasteiger partial charge in [-0.1, -0.05) is 323 Å². The summed E-state index contributed by atoms with van der Waals surface area (Å²) in [6.07, 6.45) is 22.4. The van der Waals surface area contributed by atoms with Crippen molar-refractivity contribution in [3.63, 3.8) is 0 Å². The van der Waals surface area contributed by atoms with Gasteiger partial charge in [0.25, 0.3) is 0 Å². The molecule has 0 aromatic heterocycles. The van der Waals surface area contributed by atoms with Crippen LogP contribution in [0.3, 0.4) is 0 Å². The van der Waals surface area contributed by atoms with Gasteiger partial charge in [0.15, 0.2) is 24.8 Å². The Morgan fingerprint density at radius 1 is 0.368 bits per heavy atom. The zero-order valence-corrected chi connectivity index (χ0v) is 72.2. The van der Waals surface area contributed by atoms with Crippen LogP contribution in [-0.4, -0.2) is 205 Å². The molecule has 0 aromatic carbocycles. The van der Waals surface area contributed by atoms with Gasteiger partial charge in [0.05, 0.1) is 13.2 Å². The van der Waals surface area contributed by atoms with Crippen molar-refractivity contribution in [2.24, 2.45) is 5.92 Å². The highest BCUT2D eigenvalue weighted by Gasteiger charge is 2.60. The first kappa shape index (κ1) is 105. The molecular weight excluding hydrogens is 1490 g/mol. The quantitative estimate of drug-likeness (QED) is 0.00889. The fraction of sp³-hybridized carbons (Fsp3) is 0.932. The number of aliphatic hydroxyl groups excluding tert-OH is 9. The second-order valence-electron chi connectivity index (χ2n) is 33.1. The van der Waals surface area contributed by atoms with Gasteiger partial charge >= 0.3 is 31.7 Å². The summed E-state index contributed by atoms with van der Waals surface area (Å²) in [7, 11) is -5.80. The molecule has 0 bridgehead atoms. The summed E-state index contributed by atoms with van der Waals surface area (Å²) in [6.45, 7) is 7.89. The highest BCUT2D eigenvalue weighted by molar-refractivity contribution is 7.47. The molecule has 0 aromatic rings. The van der Waals surface area contributed by atoms with Gasteiger partial charge in [0, 0.05) is 25.7 Å². The molecule has 2 aliphatic heterocycles. The summed E-state index contributed by atoms with van der Waals surface area (Å²) in [5, 5.41) is 102. The Morgan fingerprint density at radius 3 is 1.14 bits per heavy atom. The van der Waals surface area contributed by atoms with E-state index >= 15 is 0 Å². The number of hydrogen-bond acceptors (Lipinski definition) is 24. The number of ether oxygens (including phenoxy) is 8. The Hall–Kier alpha value is -2.79. The number of phosphoric acid groups is 1. The predicted octanol–water partition coefficient (Wildman–Crippen LogP) is 16.2. The van der Waals surface area contributed by atoms with Crippen molar-refractivity contribution in [3.05, 3.63) is 12.2 Å². The lowest BCUT2D eigenvalue weighted by Crippen LogP contribution is -2.70. The normalized spacial score (nSPS) is 25.7. The molecule has 3 aliphatic rings. The Labute approximate surface area is 686 Å². The molecule has 2 heterocycles. The van der Waals surface area contributed by atoms with E-state index in [0.29, 0.717) is 38.0 Å². The van der Waals surface area contributed by atoms with E-state index in [1.807, 2.05) is 0 Å². The minimum atomic E-state index is -5.80. The maximum atomic E-state index is 14.9. The molecule has 26 heteroatoms. The number of rotatable bonds is 73. The largest absolute Gasteiger partial charge is 0.472 e. The van der Waals surface area contributed by atoms with Crippen molar-refractivity contribution in [1.82, 2.24) is 0 Å².